The van der Waals surface area contributed by atoms with E-state index >= 15 is 0 Å². The molecule has 0 amide bonds. The van der Waals surface area contributed by atoms with Crippen molar-refractivity contribution < 1.29 is 4.39 Å². The summed E-state index contributed by atoms with van der Waals surface area (Å²) in [5.41, 5.74) is 5.51. The standard InChI is InChI=1S/C9H15FN4/c1-6(3-11)7(2)14-9-12-4-8(10)5-13-9/h4-7H,3,11H2,1-2H3,(H,12,13,14). The van der Waals surface area contributed by atoms with Gasteiger partial charge in [0.05, 0.1) is 12.4 Å². The van der Waals surface area contributed by atoms with Crippen LogP contribution in [-0.2, 0) is 0 Å². The topological polar surface area (TPSA) is 63.8 Å². The summed E-state index contributed by atoms with van der Waals surface area (Å²) >= 11 is 0. The molecule has 14 heavy (non-hydrogen) atoms. The van der Waals surface area contributed by atoms with Gasteiger partial charge < -0.3 is 11.1 Å². The van der Waals surface area contributed by atoms with E-state index in [2.05, 4.69) is 15.3 Å². The number of anilines is 1. The monoisotopic (exact) mass is 198 g/mol. The first kappa shape index (κ1) is 10.8. The number of nitrogens with one attached hydrogen (secondary N) is 1. The van der Waals surface area contributed by atoms with Gasteiger partial charge in [-0.1, -0.05) is 6.92 Å². The molecule has 1 rings (SSSR count). The Kier molecular flexibility index (Phi) is 3.76. The Bertz CT molecular complexity index is 275. The van der Waals surface area contributed by atoms with Crippen molar-refractivity contribution in [2.75, 3.05) is 11.9 Å². The number of rotatable bonds is 4. The summed E-state index contributed by atoms with van der Waals surface area (Å²) in [6.07, 6.45) is 2.27. The molecule has 1 aromatic heterocycles. The Labute approximate surface area is 82.8 Å². The number of hydrogen-bond acceptors (Lipinski definition) is 4. The maximum atomic E-state index is 12.5. The van der Waals surface area contributed by atoms with Crippen molar-refractivity contribution in [3.05, 3.63) is 18.2 Å². The predicted octanol–water partition coefficient (Wildman–Crippen LogP) is 1.01. The summed E-state index contributed by atoms with van der Waals surface area (Å²) in [5.74, 6) is 0.318. The van der Waals surface area contributed by atoms with E-state index in [9.17, 15) is 4.39 Å². The molecule has 5 heteroatoms. The maximum Gasteiger partial charge on any atom is 0.222 e. The van der Waals surface area contributed by atoms with E-state index in [0.29, 0.717) is 18.4 Å². The van der Waals surface area contributed by atoms with Gasteiger partial charge in [0.25, 0.3) is 0 Å². The molecule has 0 aliphatic carbocycles. The number of nitrogens with zero attached hydrogens (tertiary/aromatic N) is 2. The molecule has 2 atom stereocenters. The molecule has 0 radical (unpaired) electrons. The zero-order chi connectivity index (χ0) is 10.6. The first-order valence-electron chi connectivity index (χ1n) is 4.57. The van der Waals surface area contributed by atoms with E-state index in [-0.39, 0.29) is 6.04 Å². The third-order valence-corrected chi connectivity index (χ3v) is 2.20. The Morgan fingerprint density at radius 2 is 2.00 bits per heavy atom. The van der Waals surface area contributed by atoms with Gasteiger partial charge in [-0.3, -0.25) is 0 Å². The van der Waals surface area contributed by atoms with Crippen LogP contribution in [0.2, 0.25) is 0 Å². The Balaban J connectivity index is 2.56. The fraction of sp³-hybridized carbons (Fsp3) is 0.556. The van der Waals surface area contributed by atoms with Crippen molar-refractivity contribution >= 4 is 5.95 Å². The molecule has 0 saturated heterocycles. The first-order chi connectivity index (χ1) is 6.63. The van der Waals surface area contributed by atoms with Crippen LogP contribution in [0.1, 0.15) is 13.8 Å². The number of hydrogen-bond donors (Lipinski definition) is 2. The lowest BCUT2D eigenvalue weighted by Crippen LogP contribution is -2.30. The van der Waals surface area contributed by atoms with Crippen LogP contribution >= 0.6 is 0 Å². The lowest BCUT2D eigenvalue weighted by molar-refractivity contribution is 0.517. The highest BCUT2D eigenvalue weighted by Crippen LogP contribution is 2.06. The van der Waals surface area contributed by atoms with Crippen molar-refractivity contribution in [3.8, 4) is 0 Å². The van der Waals surface area contributed by atoms with Crippen LogP contribution in [0, 0.1) is 11.7 Å². The molecule has 78 valence electrons. The van der Waals surface area contributed by atoms with Crippen molar-refractivity contribution in [2.24, 2.45) is 11.7 Å². The molecule has 0 fully saturated rings. The third-order valence-electron chi connectivity index (χ3n) is 2.20. The molecule has 4 nitrogen and oxygen atoms in total. The molecule has 0 saturated carbocycles. The van der Waals surface area contributed by atoms with E-state index in [4.69, 9.17) is 5.73 Å². The van der Waals surface area contributed by atoms with E-state index < -0.39 is 5.82 Å². The summed E-state index contributed by atoms with van der Waals surface area (Å²) in [7, 11) is 0. The number of aromatic nitrogens is 2. The van der Waals surface area contributed by atoms with Gasteiger partial charge in [-0.25, -0.2) is 14.4 Å². The first-order valence-corrected chi connectivity index (χ1v) is 4.57. The number of halogens is 1. The average Bonchev–Trinajstić information content (AvgIpc) is 2.20. The molecule has 0 spiro atoms. The average molecular weight is 198 g/mol. The van der Waals surface area contributed by atoms with Gasteiger partial charge in [0.15, 0.2) is 5.82 Å². The highest BCUT2D eigenvalue weighted by Gasteiger charge is 2.10. The van der Waals surface area contributed by atoms with Crippen LogP contribution in [0.15, 0.2) is 12.4 Å². The SMILES string of the molecule is CC(CN)C(C)Nc1ncc(F)cn1. The Hall–Kier alpha value is -1.23. The molecule has 1 heterocycles. The van der Waals surface area contributed by atoms with Crippen LogP contribution < -0.4 is 11.1 Å². The Morgan fingerprint density at radius 3 is 2.50 bits per heavy atom. The van der Waals surface area contributed by atoms with Crippen LogP contribution in [0.4, 0.5) is 10.3 Å². The molecule has 3 N–H and O–H groups in total. The maximum absolute atomic E-state index is 12.5. The molecular weight excluding hydrogens is 183 g/mol. The molecule has 0 aliphatic heterocycles. The van der Waals surface area contributed by atoms with Crippen LogP contribution in [0.3, 0.4) is 0 Å². The minimum absolute atomic E-state index is 0.172. The second-order valence-corrected chi connectivity index (χ2v) is 3.37. The summed E-state index contributed by atoms with van der Waals surface area (Å²) in [4.78, 5) is 7.59. The molecule has 2 unspecified atom stereocenters. The zero-order valence-corrected chi connectivity index (χ0v) is 8.37. The van der Waals surface area contributed by atoms with Crippen LogP contribution in [0.25, 0.3) is 0 Å². The summed E-state index contributed by atoms with van der Waals surface area (Å²) in [6, 6.07) is 0.172. The van der Waals surface area contributed by atoms with Gasteiger partial charge in [0.1, 0.15) is 0 Å². The lowest BCUT2D eigenvalue weighted by Gasteiger charge is -2.19. The molecule has 0 aromatic carbocycles. The van der Waals surface area contributed by atoms with Gasteiger partial charge in [0, 0.05) is 6.04 Å². The highest BCUT2D eigenvalue weighted by atomic mass is 19.1. The molecule has 0 aliphatic rings. The normalized spacial score (nSPS) is 14.9. The Morgan fingerprint density at radius 1 is 1.43 bits per heavy atom. The zero-order valence-electron chi connectivity index (χ0n) is 8.37. The summed E-state index contributed by atoms with van der Waals surface area (Å²) in [5, 5.41) is 3.05. The molecule has 0 bridgehead atoms. The van der Waals surface area contributed by atoms with Crippen LogP contribution in [-0.4, -0.2) is 22.6 Å². The fourth-order valence-corrected chi connectivity index (χ4v) is 0.937. The highest BCUT2D eigenvalue weighted by molar-refractivity contribution is 5.24. The lowest BCUT2D eigenvalue weighted by atomic mass is 10.0. The molecule has 1 aromatic rings. The van der Waals surface area contributed by atoms with E-state index in [0.717, 1.165) is 12.4 Å². The number of nitrogens with two attached hydrogens (primary N) is 1. The summed E-state index contributed by atoms with van der Waals surface area (Å²) in [6.45, 7) is 4.61. The van der Waals surface area contributed by atoms with Gasteiger partial charge in [0.2, 0.25) is 5.95 Å². The van der Waals surface area contributed by atoms with Gasteiger partial charge in [-0.2, -0.15) is 0 Å². The third kappa shape index (κ3) is 2.92. The predicted molar refractivity (Wildman–Crippen MR) is 53.3 cm³/mol. The van der Waals surface area contributed by atoms with Crippen molar-refractivity contribution in [1.82, 2.24) is 9.97 Å². The van der Waals surface area contributed by atoms with Gasteiger partial charge in [-0.05, 0) is 19.4 Å². The smallest absolute Gasteiger partial charge is 0.222 e. The van der Waals surface area contributed by atoms with E-state index in [1.54, 1.807) is 0 Å². The minimum atomic E-state index is -0.435. The summed E-state index contributed by atoms with van der Waals surface area (Å²) < 4.78 is 12.5. The van der Waals surface area contributed by atoms with E-state index in [1.165, 1.54) is 0 Å². The quantitative estimate of drug-likeness (QED) is 0.758. The second-order valence-electron chi connectivity index (χ2n) is 3.37. The fourth-order valence-electron chi connectivity index (χ4n) is 0.937. The van der Waals surface area contributed by atoms with Crippen molar-refractivity contribution in [3.63, 3.8) is 0 Å². The second kappa shape index (κ2) is 4.85. The van der Waals surface area contributed by atoms with Gasteiger partial charge in [-0.15, -0.1) is 0 Å². The van der Waals surface area contributed by atoms with Crippen molar-refractivity contribution in [2.45, 2.75) is 19.9 Å². The van der Waals surface area contributed by atoms with Crippen LogP contribution in [0.5, 0.6) is 0 Å². The van der Waals surface area contributed by atoms with Crippen molar-refractivity contribution in [1.29, 1.82) is 0 Å². The molecular formula is C9H15FN4. The minimum Gasteiger partial charge on any atom is -0.351 e. The van der Waals surface area contributed by atoms with Gasteiger partial charge >= 0.3 is 0 Å². The largest absolute Gasteiger partial charge is 0.351 e. The van der Waals surface area contributed by atoms with E-state index in [1.807, 2.05) is 13.8 Å².